The molecule has 0 spiro atoms. The third-order valence-electron chi connectivity index (χ3n) is 4.66. The number of fused-ring (bicyclic) bond motifs is 1. The first-order valence-electron chi connectivity index (χ1n) is 7.90. The summed E-state index contributed by atoms with van der Waals surface area (Å²) in [5.74, 6) is -1.44. The molecule has 0 bridgehead atoms. The molecule has 0 radical (unpaired) electrons. The Morgan fingerprint density at radius 3 is 2.70 bits per heavy atom. The van der Waals surface area contributed by atoms with Gasteiger partial charge in [0.25, 0.3) is 5.91 Å². The Morgan fingerprint density at radius 2 is 2.00 bits per heavy atom. The van der Waals surface area contributed by atoms with E-state index in [-0.39, 0.29) is 18.4 Å². The molecule has 1 fully saturated rings. The number of amides is 2. The van der Waals surface area contributed by atoms with Crippen LogP contribution in [0.15, 0.2) is 18.2 Å². The van der Waals surface area contributed by atoms with E-state index in [1.807, 2.05) is 12.1 Å². The van der Waals surface area contributed by atoms with Crippen molar-refractivity contribution in [3.8, 4) is 0 Å². The summed E-state index contributed by atoms with van der Waals surface area (Å²) in [5, 5.41) is 9.14. The average molecular weight is 316 g/mol. The van der Waals surface area contributed by atoms with Gasteiger partial charge in [-0.1, -0.05) is 0 Å². The summed E-state index contributed by atoms with van der Waals surface area (Å²) < 4.78 is 0. The number of anilines is 1. The van der Waals surface area contributed by atoms with Gasteiger partial charge in [0.15, 0.2) is 0 Å². The fourth-order valence-corrected chi connectivity index (χ4v) is 3.41. The highest BCUT2D eigenvalue weighted by atomic mass is 16.4. The van der Waals surface area contributed by atoms with Crippen molar-refractivity contribution < 1.29 is 19.5 Å². The van der Waals surface area contributed by atoms with Gasteiger partial charge in [0, 0.05) is 37.8 Å². The number of aliphatic carboxylic acids is 1. The lowest BCUT2D eigenvalue weighted by Gasteiger charge is -2.30. The second kappa shape index (κ2) is 6.02. The van der Waals surface area contributed by atoms with Crippen molar-refractivity contribution in [1.29, 1.82) is 0 Å². The van der Waals surface area contributed by atoms with Gasteiger partial charge < -0.3 is 14.9 Å². The first-order valence-corrected chi connectivity index (χ1v) is 7.90. The van der Waals surface area contributed by atoms with E-state index in [0.29, 0.717) is 31.5 Å². The van der Waals surface area contributed by atoms with E-state index in [0.717, 1.165) is 17.7 Å². The summed E-state index contributed by atoms with van der Waals surface area (Å²) >= 11 is 0. The Balaban J connectivity index is 1.79. The highest BCUT2D eigenvalue weighted by Crippen LogP contribution is 2.29. The lowest BCUT2D eigenvalue weighted by atomic mass is 9.97. The van der Waals surface area contributed by atoms with Crippen molar-refractivity contribution >= 4 is 23.5 Å². The maximum Gasteiger partial charge on any atom is 0.308 e. The number of carboxylic acids is 1. The Hall–Kier alpha value is -2.37. The molecule has 3 rings (SSSR count). The smallest absolute Gasteiger partial charge is 0.308 e. The van der Waals surface area contributed by atoms with Crippen molar-refractivity contribution in [3.05, 3.63) is 29.3 Å². The largest absolute Gasteiger partial charge is 0.481 e. The van der Waals surface area contributed by atoms with Crippen molar-refractivity contribution in [2.24, 2.45) is 5.92 Å². The van der Waals surface area contributed by atoms with Crippen molar-refractivity contribution in [2.75, 3.05) is 24.5 Å². The first kappa shape index (κ1) is 15.5. The molecule has 23 heavy (non-hydrogen) atoms. The quantitative estimate of drug-likeness (QED) is 0.897. The zero-order chi connectivity index (χ0) is 16.6. The molecule has 1 aromatic carbocycles. The van der Waals surface area contributed by atoms with Crippen LogP contribution < -0.4 is 4.90 Å². The Morgan fingerprint density at radius 1 is 1.22 bits per heavy atom. The van der Waals surface area contributed by atoms with Crippen LogP contribution in [0.3, 0.4) is 0 Å². The molecule has 1 aromatic rings. The molecule has 2 aliphatic heterocycles. The van der Waals surface area contributed by atoms with Crippen molar-refractivity contribution in [3.63, 3.8) is 0 Å². The Labute approximate surface area is 134 Å². The molecule has 0 aromatic heterocycles. The molecule has 0 unspecified atom stereocenters. The molecule has 0 saturated carbocycles. The maximum absolute atomic E-state index is 12.6. The molecule has 6 heteroatoms. The normalized spacial score (nSPS) is 20.3. The molecule has 1 N–H and O–H groups in total. The lowest BCUT2D eigenvalue weighted by Crippen LogP contribution is -2.42. The van der Waals surface area contributed by atoms with E-state index in [4.69, 9.17) is 5.11 Å². The second-order valence-electron chi connectivity index (χ2n) is 6.19. The van der Waals surface area contributed by atoms with E-state index < -0.39 is 11.9 Å². The average Bonchev–Trinajstić information content (AvgIpc) is 2.97. The minimum atomic E-state index is -0.839. The first-order chi connectivity index (χ1) is 11.0. The van der Waals surface area contributed by atoms with Crippen LogP contribution in [0, 0.1) is 5.92 Å². The maximum atomic E-state index is 12.6. The van der Waals surface area contributed by atoms with E-state index in [1.54, 1.807) is 15.9 Å². The van der Waals surface area contributed by atoms with E-state index in [1.165, 1.54) is 6.92 Å². The molecule has 0 aliphatic carbocycles. The predicted molar refractivity (Wildman–Crippen MR) is 84.4 cm³/mol. The topological polar surface area (TPSA) is 77.9 Å². The number of likely N-dealkylation sites (tertiary alicyclic amines) is 1. The zero-order valence-corrected chi connectivity index (χ0v) is 13.1. The van der Waals surface area contributed by atoms with Crippen LogP contribution >= 0.6 is 0 Å². The molecule has 6 nitrogen and oxygen atoms in total. The fourth-order valence-electron chi connectivity index (χ4n) is 3.41. The molecule has 2 amide bonds. The number of carbonyl (C=O) groups is 3. The Kier molecular flexibility index (Phi) is 4.07. The van der Waals surface area contributed by atoms with Gasteiger partial charge in [-0.2, -0.15) is 0 Å². The van der Waals surface area contributed by atoms with Crippen LogP contribution in [0.1, 0.15) is 35.7 Å². The third-order valence-corrected chi connectivity index (χ3v) is 4.66. The van der Waals surface area contributed by atoms with Crippen LogP contribution in [0.5, 0.6) is 0 Å². The van der Waals surface area contributed by atoms with Crippen molar-refractivity contribution in [1.82, 2.24) is 4.90 Å². The fraction of sp³-hybridized carbons (Fsp3) is 0.471. The van der Waals surface area contributed by atoms with Gasteiger partial charge in [0.1, 0.15) is 0 Å². The van der Waals surface area contributed by atoms with Crippen LogP contribution in [-0.4, -0.2) is 47.4 Å². The Bertz CT molecular complexity index is 671. The van der Waals surface area contributed by atoms with Crippen LogP contribution in [0.4, 0.5) is 5.69 Å². The molecule has 2 heterocycles. The van der Waals surface area contributed by atoms with Crippen LogP contribution in [0.2, 0.25) is 0 Å². The number of benzene rings is 1. The van der Waals surface area contributed by atoms with Gasteiger partial charge in [-0.05, 0) is 43.0 Å². The van der Waals surface area contributed by atoms with E-state index in [9.17, 15) is 14.4 Å². The summed E-state index contributed by atoms with van der Waals surface area (Å²) in [6.45, 7) is 3.05. The van der Waals surface area contributed by atoms with E-state index >= 15 is 0 Å². The van der Waals surface area contributed by atoms with Gasteiger partial charge in [0.05, 0.1) is 5.92 Å². The standard InChI is InChI=1S/C17H20N2O4/c1-11(20)19-8-6-12-9-13(4-5-15(12)19)16(21)18-7-2-3-14(10-18)17(22)23/h4-5,9,14H,2-3,6-8,10H2,1H3,(H,22,23)/t14-/m0/s1. The molecule has 1 saturated heterocycles. The lowest BCUT2D eigenvalue weighted by molar-refractivity contribution is -0.143. The number of rotatable bonds is 2. The summed E-state index contributed by atoms with van der Waals surface area (Å²) in [5.41, 5.74) is 2.44. The van der Waals surface area contributed by atoms with Gasteiger partial charge in [-0.25, -0.2) is 0 Å². The van der Waals surface area contributed by atoms with Gasteiger partial charge in [-0.3, -0.25) is 14.4 Å². The number of nitrogens with zero attached hydrogens (tertiary/aromatic N) is 2. The molecular weight excluding hydrogens is 296 g/mol. The van der Waals surface area contributed by atoms with Crippen LogP contribution in [0.25, 0.3) is 0 Å². The molecule has 1 atom stereocenters. The van der Waals surface area contributed by atoms with Crippen LogP contribution in [-0.2, 0) is 16.0 Å². The highest BCUT2D eigenvalue weighted by Gasteiger charge is 2.29. The van der Waals surface area contributed by atoms with E-state index in [2.05, 4.69) is 0 Å². The summed E-state index contributed by atoms with van der Waals surface area (Å²) in [6.07, 6.45) is 2.08. The number of carbonyl (C=O) groups excluding carboxylic acids is 2. The van der Waals surface area contributed by atoms with Gasteiger partial charge >= 0.3 is 5.97 Å². The van der Waals surface area contributed by atoms with Gasteiger partial charge in [0.2, 0.25) is 5.91 Å². The SMILES string of the molecule is CC(=O)N1CCc2cc(C(=O)N3CCC[C@H](C(=O)O)C3)ccc21. The summed E-state index contributed by atoms with van der Waals surface area (Å²) in [6, 6.07) is 5.38. The number of carboxylic acid groups (broad SMARTS) is 1. The molecular formula is C17H20N2O4. The van der Waals surface area contributed by atoms with Crippen molar-refractivity contribution in [2.45, 2.75) is 26.2 Å². The monoisotopic (exact) mass is 316 g/mol. The zero-order valence-electron chi connectivity index (χ0n) is 13.1. The summed E-state index contributed by atoms with van der Waals surface area (Å²) in [7, 11) is 0. The predicted octanol–water partition coefficient (Wildman–Crippen LogP) is 1.53. The minimum absolute atomic E-state index is 0.00292. The second-order valence-corrected chi connectivity index (χ2v) is 6.19. The number of hydrogen-bond donors (Lipinski definition) is 1. The molecule has 122 valence electrons. The van der Waals surface area contributed by atoms with Gasteiger partial charge in [-0.15, -0.1) is 0 Å². The minimum Gasteiger partial charge on any atom is -0.481 e. The summed E-state index contributed by atoms with van der Waals surface area (Å²) in [4.78, 5) is 38.7. The number of piperidine rings is 1. The third kappa shape index (κ3) is 2.93. The highest BCUT2D eigenvalue weighted by molar-refractivity contribution is 5.98. The molecule has 2 aliphatic rings. The number of hydrogen-bond acceptors (Lipinski definition) is 3.